The molecule has 0 amide bonds. The Labute approximate surface area is 99.7 Å². The van der Waals surface area contributed by atoms with Crippen molar-refractivity contribution in [1.82, 2.24) is 4.98 Å². The number of nitrogens with two attached hydrogens (primary N) is 1. The van der Waals surface area contributed by atoms with Crippen molar-refractivity contribution in [3.8, 4) is 0 Å². The van der Waals surface area contributed by atoms with E-state index in [1.54, 1.807) is 6.07 Å². The summed E-state index contributed by atoms with van der Waals surface area (Å²) < 4.78 is 11.6. The van der Waals surface area contributed by atoms with Gasteiger partial charge in [-0.1, -0.05) is 11.6 Å². The van der Waals surface area contributed by atoms with Crippen LogP contribution in [0.25, 0.3) is 0 Å². The summed E-state index contributed by atoms with van der Waals surface area (Å²) in [6.07, 6.45) is 1.57. The van der Waals surface area contributed by atoms with E-state index in [0.717, 1.165) is 5.56 Å². The van der Waals surface area contributed by atoms with Crippen molar-refractivity contribution in [2.45, 2.75) is 38.8 Å². The number of halogens is 1. The molecule has 88 valence electrons. The lowest BCUT2D eigenvalue weighted by atomic mass is 10.1. The normalized spacial score (nSPS) is 28.2. The minimum absolute atomic E-state index is 0.0244. The summed E-state index contributed by atoms with van der Waals surface area (Å²) in [6, 6.07) is 1.68. The van der Waals surface area contributed by atoms with Crippen LogP contribution in [0, 0.1) is 0 Å². The first-order valence-corrected chi connectivity index (χ1v) is 5.57. The van der Waals surface area contributed by atoms with Crippen LogP contribution in [0.3, 0.4) is 0 Å². The number of ether oxygens (including phenoxy) is 2. The summed E-state index contributed by atoms with van der Waals surface area (Å²) in [7, 11) is 0. The summed E-state index contributed by atoms with van der Waals surface area (Å²) in [6.45, 7) is 5.78. The summed E-state index contributed by atoms with van der Waals surface area (Å²) in [4.78, 5) is 3.91. The van der Waals surface area contributed by atoms with Crippen LogP contribution < -0.4 is 5.73 Å². The van der Waals surface area contributed by atoms with E-state index >= 15 is 0 Å². The van der Waals surface area contributed by atoms with Gasteiger partial charge in [-0.15, -0.1) is 0 Å². The number of aromatic nitrogens is 1. The molecule has 2 N–H and O–H groups in total. The molecule has 1 saturated heterocycles. The highest BCUT2D eigenvalue weighted by molar-refractivity contribution is 6.29. The van der Waals surface area contributed by atoms with E-state index in [2.05, 4.69) is 4.98 Å². The fourth-order valence-corrected chi connectivity index (χ4v) is 2.05. The second kappa shape index (κ2) is 3.87. The van der Waals surface area contributed by atoms with Gasteiger partial charge in [-0.25, -0.2) is 4.98 Å². The molecule has 0 bridgehead atoms. The monoisotopic (exact) mass is 242 g/mol. The number of rotatable bonds is 1. The van der Waals surface area contributed by atoms with Crippen LogP contribution in [-0.4, -0.2) is 17.2 Å². The van der Waals surface area contributed by atoms with E-state index in [9.17, 15) is 0 Å². The second-order valence-corrected chi connectivity index (χ2v) is 4.57. The number of anilines is 1. The van der Waals surface area contributed by atoms with Gasteiger partial charge in [0.2, 0.25) is 0 Å². The molecule has 1 aromatic rings. The predicted molar refractivity (Wildman–Crippen MR) is 62.1 cm³/mol. The van der Waals surface area contributed by atoms with E-state index in [1.165, 1.54) is 6.20 Å². The van der Waals surface area contributed by atoms with Crippen molar-refractivity contribution in [1.29, 1.82) is 0 Å². The highest BCUT2D eigenvalue weighted by Crippen LogP contribution is 2.39. The van der Waals surface area contributed by atoms with Crippen molar-refractivity contribution in [2.24, 2.45) is 0 Å². The Kier molecular flexibility index (Phi) is 2.82. The minimum Gasteiger partial charge on any atom is -0.397 e. The van der Waals surface area contributed by atoms with Crippen LogP contribution in [0.4, 0.5) is 5.69 Å². The van der Waals surface area contributed by atoms with E-state index in [1.807, 2.05) is 20.8 Å². The molecule has 0 radical (unpaired) electrons. The van der Waals surface area contributed by atoms with E-state index in [-0.39, 0.29) is 12.2 Å². The van der Waals surface area contributed by atoms with Crippen molar-refractivity contribution in [3.63, 3.8) is 0 Å². The van der Waals surface area contributed by atoms with Crippen molar-refractivity contribution in [3.05, 3.63) is 23.0 Å². The van der Waals surface area contributed by atoms with E-state index in [4.69, 9.17) is 26.8 Å². The van der Waals surface area contributed by atoms with Gasteiger partial charge >= 0.3 is 0 Å². The molecule has 1 aliphatic heterocycles. The van der Waals surface area contributed by atoms with Gasteiger partial charge in [0.25, 0.3) is 0 Å². The van der Waals surface area contributed by atoms with Crippen LogP contribution in [0.5, 0.6) is 0 Å². The van der Waals surface area contributed by atoms with Crippen molar-refractivity contribution in [2.75, 3.05) is 5.73 Å². The Balaban J connectivity index is 2.40. The molecule has 1 aromatic heterocycles. The largest absolute Gasteiger partial charge is 0.397 e. The van der Waals surface area contributed by atoms with E-state index < -0.39 is 5.79 Å². The summed E-state index contributed by atoms with van der Waals surface area (Å²) in [5.74, 6) is -0.838. The first-order valence-electron chi connectivity index (χ1n) is 5.19. The minimum atomic E-state index is -0.838. The van der Waals surface area contributed by atoms with Gasteiger partial charge in [0.1, 0.15) is 5.15 Å². The van der Waals surface area contributed by atoms with E-state index in [0.29, 0.717) is 10.8 Å². The molecule has 2 atom stereocenters. The molecule has 1 fully saturated rings. The highest BCUT2D eigenvalue weighted by atomic mass is 35.5. The highest BCUT2D eigenvalue weighted by Gasteiger charge is 2.42. The lowest BCUT2D eigenvalue weighted by molar-refractivity contribution is -0.166. The Morgan fingerprint density at radius 3 is 2.50 bits per heavy atom. The zero-order chi connectivity index (χ0) is 11.9. The Hall–Kier alpha value is -0.840. The number of hydrogen-bond donors (Lipinski definition) is 1. The number of hydrogen-bond acceptors (Lipinski definition) is 4. The summed E-state index contributed by atoms with van der Waals surface area (Å²) in [5, 5.41) is 0.379. The van der Waals surface area contributed by atoms with Gasteiger partial charge in [0, 0.05) is 5.56 Å². The van der Waals surface area contributed by atoms with Gasteiger partial charge in [-0.2, -0.15) is 0 Å². The van der Waals surface area contributed by atoms with Crippen molar-refractivity contribution >= 4 is 17.3 Å². The SMILES string of the molecule is C[C@H]1OC(C)(c2cc(Cl)ncc2N)O[C@@H]1C. The Morgan fingerprint density at radius 2 is 1.94 bits per heavy atom. The molecular weight excluding hydrogens is 228 g/mol. The third-order valence-corrected chi connectivity index (χ3v) is 3.08. The fourth-order valence-electron chi connectivity index (χ4n) is 1.89. The molecule has 16 heavy (non-hydrogen) atoms. The fraction of sp³-hybridized carbons (Fsp3) is 0.545. The maximum Gasteiger partial charge on any atom is 0.194 e. The molecule has 2 heterocycles. The van der Waals surface area contributed by atoms with Gasteiger partial charge < -0.3 is 15.2 Å². The lowest BCUT2D eigenvalue weighted by Crippen LogP contribution is -2.25. The molecular formula is C11H15ClN2O2. The second-order valence-electron chi connectivity index (χ2n) is 4.19. The molecule has 0 aromatic carbocycles. The molecule has 0 aliphatic carbocycles. The molecule has 2 rings (SSSR count). The van der Waals surface area contributed by atoms with Gasteiger partial charge in [0.05, 0.1) is 24.1 Å². The zero-order valence-corrected chi connectivity index (χ0v) is 10.3. The third-order valence-electron chi connectivity index (χ3n) is 2.87. The standard InChI is InChI=1S/C11H15ClN2O2/c1-6-7(2)16-11(3,15-6)8-4-10(12)14-5-9(8)13/h4-7H,13H2,1-3H3/t6-,7-/m1/s1. The zero-order valence-electron chi connectivity index (χ0n) is 9.53. The topological polar surface area (TPSA) is 57.4 Å². The Morgan fingerprint density at radius 1 is 1.38 bits per heavy atom. The molecule has 0 unspecified atom stereocenters. The summed E-state index contributed by atoms with van der Waals surface area (Å²) >= 11 is 5.85. The quantitative estimate of drug-likeness (QED) is 0.768. The van der Waals surface area contributed by atoms with Gasteiger partial charge in [0.15, 0.2) is 5.79 Å². The first kappa shape index (κ1) is 11.6. The van der Waals surface area contributed by atoms with Gasteiger partial charge in [-0.3, -0.25) is 0 Å². The number of nitrogen functional groups attached to an aromatic ring is 1. The van der Waals surface area contributed by atoms with Crippen LogP contribution in [0.1, 0.15) is 26.3 Å². The number of nitrogens with zero attached hydrogens (tertiary/aromatic N) is 1. The smallest absolute Gasteiger partial charge is 0.194 e. The summed E-state index contributed by atoms with van der Waals surface area (Å²) in [5.41, 5.74) is 7.11. The average molecular weight is 243 g/mol. The van der Waals surface area contributed by atoms with Crippen LogP contribution in [0.15, 0.2) is 12.3 Å². The molecule has 1 aliphatic rings. The molecule has 4 nitrogen and oxygen atoms in total. The predicted octanol–water partition coefficient (Wildman–Crippen LogP) is 2.31. The van der Waals surface area contributed by atoms with Crippen molar-refractivity contribution < 1.29 is 9.47 Å². The average Bonchev–Trinajstić information content (AvgIpc) is 2.46. The molecule has 5 heteroatoms. The van der Waals surface area contributed by atoms with Gasteiger partial charge in [-0.05, 0) is 26.8 Å². The lowest BCUT2D eigenvalue weighted by Gasteiger charge is -2.25. The number of pyridine rings is 1. The molecule has 0 saturated carbocycles. The van der Waals surface area contributed by atoms with Crippen LogP contribution in [-0.2, 0) is 15.3 Å². The third kappa shape index (κ3) is 1.88. The van der Waals surface area contributed by atoms with Crippen LogP contribution in [0.2, 0.25) is 5.15 Å². The maximum atomic E-state index is 5.86. The Bertz CT molecular complexity index is 401. The first-order chi connectivity index (χ1) is 7.42. The molecule has 0 spiro atoms. The maximum absolute atomic E-state index is 5.86. The van der Waals surface area contributed by atoms with Crippen LogP contribution >= 0.6 is 11.6 Å².